The highest BCUT2D eigenvalue weighted by molar-refractivity contribution is 7.89. The molecule has 8 heteroatoms. The molecule has 152 valence electrons. The summed E-state index contributed by atoms with van der Waals surface area (Å²) in [4.78, 5) is 15.0. The van der Waals surface area contributed by atoms with Gasteiger partial charge in [0.15, 0.2) is 0 Å². The fourth-order valence-corrected chi connectivity index (χ4v) is 4.98. The van der Waals surface area contributed by atoms with E-state index < -0.39 is 10.0 Å². The summed E-state index contributed by atoms with van der Waals surface area (Å²) in [6.07, 6.45) is 0.0965. The van der Waals surface area contributed by atoms with Gasteiger partial charge in [-0.1, -0.05) is 19.9 Å². The number of nitrogens with zero attached hydrogens (tertiary/aromatic N) is 2. The number of nitrogens with one attached hydrogen (secondary N) is 1. The van der Waals surface area contributed by atoms with E-state index in [1.807, 2.05) is 27.7 Å². The molecule has 0 aliphatic carbocycles. The number of morpholine rings is 1. The van der Waals surface area contributed by atoms with E-state index in [2.05, 4.69) is 10.2 Å². The van der Waals surface area contributed by atoms with Crippen LogP contribution in [-0.2, 0) is 19.6 Å². The van der Waals surface area contributed by atoms with Crippen molar-refractivity contribution in [2.24, 2.45) is 0 Å². The summed E-state index contributed by atoms with van der Waals surface area (Å²) in [7, 11) is -3.58. The van der Waals surface area contributed by atoms with E-state index in [-0.39, 0.29) is 22.9 Å². The van der Waals surface area contributed by atoms with Crippen LogP contribution in [0.3, 0.4) is 0 Å². The van der Waals surface area contributed by atoms with E-state index in [1.54, 1.807) is 25.1 Å². The van der Waals surface area contributed by atoms with Crippen molar-refractivity contribution in [1.82, 2.24) is 9.21 Å². The molecule has 2 atom stereocenters. The Labute approximate surface area is 162 Å². The van der Waals surface area contributed by atoms with Crippen LogP contribution in [0.2, 0.25) is 0 Å². The highest BCUT2D eigenvalue weighted by Crippen LogP contribution is 2.24. The van der Waals surface area contributed by atoms with Gasteiger partial charge in [0.25, 0.3) is 0 Å². The molecule has 1 aromatic rings. The number of hydrogen-bond donors (Lipinski definition) is 1. The van der Waals surface area contributed by atoms with Gasteiger partial charge < -0.3 is 10.1 Å². The van der Waals surface area contributed by atoms with Crippen LogP contribution in [0.1, 0.15) is 33.3 Å². The van der Waals surface area contributed by atoms with Crippen LogP contribution in [0, 0.1) is 6.92 Å². The quantitative estimate of drug-likeness (QED) is 0.762. The van der Waals surface area contributed by atoms with E-state index in [9.17, 15) is 13.2 Å². The molecule has 0 saturated carbocycles. The lowest BCUT2D eigenvalue weighted by atomic mass is 10.2. The maximum absolute atomic E-state index is 12.9. The van der Waals surface area contributed by atoms with E-state index in [0.29, 0.717) is 44.0 Å². The maximum atomic E-state index is 12.9. The smallest absolute Gasteiger partial charge is 0.243 e. The Hall–Kier alpha value is -1.48. The standard InChI is InChI=1S/C19H31N3O4S/c1-6-22(7-2)27(24,25)18-12-17(9-8-14(18)3)20-19(23)16(5)21-10-11-26-15(4)13-21/h8-9,12,15-16H,6-7,10-11,13H2,1-5H3,(H,20,23)/t15-,16+/m1/s1. The largest absolute Gasteiger partial charge is 0.376 e. The monoisotopic (exact) mass is 397 g/mol. The molecule has 1 saturated heterocycles. The third-order valence-electron chi connectivity index (χ3n) is 4.98. The lowest BCUT2D eigenvalue weighted by Crippen LogP contribution is -2.50. The van der Waals surface area contributed by atoms with E-state index in [0.717, 1.165) is 0 Å². The van der Waals surface area contributed by atoms with Crippen LogP contribution >= 0.6 is 0 Å². The number of carbonyl (C=O) groups excluding carboxylic acids is 1. The first-order valence-electron chi connectivity index (χ1n) is 9.48. The van der Waals surface area contributed by atoms with Crippen LogP contribution in [0.4, 0.5) is 5.69 Å². The zero-order valence-electron chi connectivity index (χ0n) is 16.9. The van der Waals surface area contributed by atoms with Crippen LogP contribution < -0.4 is 5.32 Å². The number of amides is 1. The number of ether oxygens (including phenoxy) is 1. The number of rotatable bonds is 7. The minimum Gasteiger partial charge on any atom is -0.376 e. The van der Waals surface area contributed by atoms with Crippen LogP contribution in [0.25, 0.3) is 0 Å². The summed E-state index contributed by atoms with van der Waals surface area (Å²) in [6, 6.07) is 4.70. The van der Waals surface area contributed by atoms with Crippen LogP contribution in [-0.4, -0.2) is 68.5 Å². The van der Waals surface area contributed by atoms with E-state index >= 15 is 0 Å². The second-order valence-electron chi connectivity index (χ2n) is 6.91. The first-order valence-corrected chi connectivity index (χ1v) is 10.9. The number of anilines is 1. The number of hydrogen-bond acceptors (Lipinski definition) is 5. The molecule has 1 aliphatic rings. The summed E-state index contributed by atoms with van der Waals surface area (Å²) in [5, 5.41) is 2.86. The molecule has 1 aromatic carbocycles. The lowest BCUT2D eigenvalue weighted by Gasteiger charge is -2.34. The molecule has 27 heavy (non-hydrogen) atoms. The van der Waals surface area contributed by atoms with Gasteiger partial charge in [0.05, 0.1) is 23.6 Å². The van der Waals surface area contributed by atoms with Gasteiger partial charge in [0.2, 0.25) is 15.9 Å². The number of carbonyl (C=O) groups is 1. The van der Waals surface area contributed by atoms with Gasteiger partial charge in [-0.05, 0) is 38.5 Å². The average Bonchev–Trinajstić information content (AvgIpc) is 2.63. The zero-order valence-corrected chi connectivity index (χ0v) is 17.7. The predicted molar refractivity (Wildman–Crippen MR) is 106 cm³/mol. The van der Waals surface area contributed by atoms with E-state index in [1.165, 1.54) is 4.31 Å². The molecule has 1 N–H and O–H groups in total. The fraction of sp³-hybridized carbons (Fsp3) is 0.632. The lowest BCUT2D eigenvalue weighted by molar-refractivity contribution is -0.123. The minimum absolute atomic E-state index is 0.0965. The van der Waals surface area contributed by atoms with Crippen LogP contribution in [0.5, 0.6) is 0 Å². The Kier molecular flexibility index (Phi) is 7.39. The predicted octanol–water partition coefficient (Wildman–Crippen LogP) is 2.07. The third-order valence-corrected chi connectivity index (χ3v) is 7.17. The number of sulfonamides is 1. The molecule has 1 aliphatic heterocycles. The maximum Gasteiger partial charge on any atom is 0.243 e. The molecule has 0 spiro atoms. The van der Waals surface area contributed by atoms with Gasteiger partial charge in [0.1, 0.15) is 0 Å². The Morgan fingerprint density at radius 3 is 2.63 bits per heavy atom. The highest BCUT2D eigenvalue weighted by atomic mass is 32.2. The number of benzene rings is 1. The van der Waals surface area contributed by atoms with Crippen molar-refractivity contribution in [2.45, 2.75) is 51.7 Å². The minimum atomic E-state index is -3.58. The van der Waals surface area contributed by atoms with Crippen molar-refractivity contribution >= 4 is 21.6 Å². The van der Waals surface area contributed by atoms with Gasteiger partial charge >= 0.3 is 0 Å². The fourth-order valence-electron chi connectivity index (χ4n) is 3.27. The second kappa shape index (κ2) is 9.14. The Morgan fingerprint density at radius 1 is 1.37 bits per heavy atom. The Balaban J connectivity index is 2.19. The first kappa shape index (κ1) is 21.8. The molecule has 0 radical (unpaired) electrons. The summed E-state index contributed by atoms with van der Waals surface area (Å²) < 4.78 is 32.7. The molecular weight excluding hydrogens is 366 g/mol. The van der Waals surface area contributed by atoms with Crippen molar-refractivity contribution < 1.29 is 17.9 Å². The summed E-state index contributed by atoms with van der Waals surface area (Å²) >= 11 is 0. The summed E-state index contributed by atoms with van der Waals surface area (Å²) in [5.74, 6) is -0.154. The van der Waals surface area contributed by atoms with Crippen molar-refractivity contribution in [3.05, 3.63) is 23.8 Å². The number of aryl methyl sites for hydroxylation is 1. The Morgan fingerprint density at radius 2 is 2.04 bits per heavy atom. The normalized spacial score (nSPS) is 19.9. The molecule has 7 nitrogen and oxygen atoms in total. The van der Waals surface area contributed by atoms with Gasteiger partial charge in [-0.25, -0.2) is 8.42 Å². The zero-order chi connectivity index (χ0) is 20.2. The molecule has 0 bridgehead atoms. The summed E-state index contributed by atoms with van der Waals surface area (Å²) in [5.41, 5.74) is 1.15. The summed E-state index contributed by atoms with van der Waals surface area (Å²) in [6.45, 7) is 12.0. The average molecular weight is 398 g/mol. The van der Waals surface area contributed by atoms with Gasteiger partial charge in [-0.3, -0.25) is 9.69 Å². The van der Waals surface area contributed by atoms with Crippen molar-refractivity contribution in [1.29, 1.82) is 0 Å². The molecule has 0 unspecified atom stereocenters. The van der Waals surface area contributed by atoms with Gasteiger partial charge in [0, 0.05) is 31.9 Å². The van der Waals surface area contributed by atoms with Gasteiger partial charge in [-0.2, -0.15) is 4.31 Å². The molecule has 1 amide bonds. The molecule has 0 aromatic heterocycles. The molecule has 1 heterocycles. The molecular formula is C19H31N3O4S. The van der Waals surface area contributed by atoms with Crippen molar-refractivity contribution in [3.8, 4) is 0 Å². The highest BCUT2D eigenvalue weighted by Gasteiger charge is 2.27. The molecule has 1 fully saturated rings. The SMILES string of the molecule is CCN(CC)S(=O)(=O)c1cc(NC(=O)[C@H](C)N2CCO[C@H](C)C2)ccc1C. The Bertz CT molecular complexity index is 762. The third kappa shape index (κ3) is 5.07. The van der Waals surface area contributed by atoms with Gasteiger partial charge in [-0.15, -0.1) is 0 Å². The first-order chi connectivity index (χ1) is 12.7. The van der Waals surface area contributed by atoms with E-state index in [4.69, 9.17) is 4.74 Å². The van der Waals surface area contributed by atoms with Crippen molar-refractivity contribution in [2.75, 3.05) is 38.1 Å². The molecule has 2 rings (SSSR count). The topological polar surface area (TPSA) is 79.0 Å². The van der Waals surface area contributed by atoms with Crippen molar-refractivity contribution in [3.63, 3.8) is 0 Å². The second-order valence-corrected chi connectivity index (χ2v) is 8.82. The van der Waals surface area contributed by atoms with Crippen LogP contribution in [0.15, 0.2) is 23.1 Å².